The number of carbonyl (C=O) groups excluding carboxylic acids is 1. The Kier molecular flexibility index (Phi) is 40.5. The summed E-state index contributed by atoms with van der Waals surface area (Å²) >= 11 is 0. The van der Waals surface area contributed by atoms with Gasteiger partial charge in [0.1, 0.15) is 6.61 Å². The topological polar surface area (TPSA) is 117 Å². The number of allylic oxidation sites excluding steroid dienone is 1. The minimum Gasteiger partial charge on any atom is -0.498 e. The average Bonchev–Trinajstić information content (AvgIpc) is 3.13. The number of hydrogen-bond donors (Lipinski definition) is 2. The lowest BCUT2D eigenvalue weighted by Crippen LogP contribution is -2.27. The number of carbonyl (C=O) groups is 1. The summed E-state index contributed by atoms with van der Waals surface area (Å²) in [5, 5.41) is 0. The molecular weight excluding hydrogens is 673 g/mol. The van der Waals surface area contributed by atoms with Gasteiger partial charge in [-0.3, -0.25) is 13.8 Å². The van der Waals surface area contributed by atoms with Crippen LogP contribution in [0.15, 0.2) is 12.3 Å². The van der Waals surface area contributed by atoms with Gasteiger partial charge in [-0.15, -0.1) is 0 Å². The fraction of sp³-hybridized carbons (Fsp3) is 0.930. The van der Waals surface area contributed by atoms with E-state index in [1.54, 1.807) is 6.26 Å². The molecule has 0 spiro atoms. The van der Waals surface area contributed by atoms with E-state index in [0.717, 1.165) is 32.1 Å². The largest absolute Gasteiger partial charge is 0.498 e. The third kappa shape index (κ3) is 40.3. The molecule has 0 aromatic heterocycles. The van der Waals surface area contributed by atoms with Crippen molar-refractivity contribution in [3.63, 3.8) is 0 Å². The maximum absolute atomic E-state index is 12.6. The number of unbranched alkanes of at least 4 members (excludes halogenated alkanes) is 30. The molecule has 0 fully saturated rings. The van der Waals surface area contributed by atoms with Crippen LogP contribution in [0.5, 0.6) is 0 Å². The van der Waals surface area contributed by atoms with E-state index >= 15 is 0 Å². The van der Waals surface area contributed by atoms with Gasteiger partial charge in [0.2, 0.25) is 0 Å². The normalized spacial score (nSPS) is 13.5. The molecule has 0 aromatic carbocycles. The summed E-state index contributed by atoms with van der Waals surface area (Å²) in [6, 6.07) is 0. The number of phosphoric acid groups is 1. The molecule has 0 saturated heterocycles. The van der Waals surface area contributed by atoms with E-state index in [-0.39, 0.29) is 32.3 Å². The van der Waals surface area contributed by atoms with Crippen molar-refractivity contribution in [3.8, 4) is 0 Å². The lowest BCUT2D eigenvalue weighted by molar-refractivity contribution is -0.153. The van der Waals surface area contributed by atoms with E-state index in [4.69, 9.17) is 24.3 Å². The molecule has 0 saturated carbocycles. The van der Waals surface area contributed by atoms with Gasteiger partial charge in [0.05, 0.1) is 19.5 Å². The van der Waals surface area contributed by atoms with Gasteiger partial charge < -0.3 is 20.1 Å². The van der Waals surface area contributed by atoms with Crippen molar-refractivity contribution in [1.29, 1.82) is 0 Å². The SMILES string of the molecule is CCCCCCCCCCCCCCC=COC[C@H](COP(=O)(O)OCCN)OC(=O)CCCCCCCCCCCCCCCCCCCCC. The molecule has 0 aliphatic rings. The maximum Gasteiger partial charge on any atom is 0.472 e. The van der Waals surface area contributed by atoms with Gasteiger partial charge in [-0.2, -0.15) is 0 Å². The minimum atomic E-state index is -4.28. The first-order valence-corrected chi connectivity index (χ1v) is 23.7. The van der Waals surface area contributed by atoms with Gasteiger partial charge in [-0.05, 0) is 25.3 Å². The van der Waals surface area contributed by atoms with E-state index in [0.29, 0.717) is 6.42 Å². The van der Waals surface area contributed by atoms with Crippen molar-refractivity contribution in [2.45, 2.75) is 232 Å². The van der Waals surface area contributed by atoms with Crippen molar-refractivity contribution in [2.75, 3.05) is 26.4 Å². The molecule has 0 rings (SSSR count). The van der Waals surface area contributed by atoms with Crippen LogP contribution in [0.4, 0.5) is 0 Å². The summed E-state index contributed by atoms with van der Waals surface area (Å²) in [6.07, 6.45) is 44.7. The second-order valence-corrected chi connectivity index (χ2v) is 16.4. The fourth-order valence-corrected chi connectivity index (χ4v) is 7.26. The number of ether oxygens (including phenoxy) is 2. The molecule has 2 atom stereocenters. The Morgan fingerprint density at radius 3 is 1.37 bits per heavy atom. The highest BCUT2D eigenvalue weighted by atomic mass is 31.2. The van der Waals surface area contributed by atoms with Crippen molar-refractivity contribution < 1.29 is 32.8 Å². The molecule has 9 heteroatoms. The Hall–Kier alpha value is -0.920. The van der Waals surface area contributed by atoms with Crippen molar-refractivity contribution >= 4 is 13.8 Å². The molecule has 310 valence electrons. The summed E-state index contributed by atoms with van der Waals surface area (Å²) < 4.78 is 33.2. The summed E-state index contributed by atoms with van der Waals surface area (Å²) in [5.41, 5.74) is 5.36. The van der Waals surface area contributed by atoms with E-state index in [1.165, 1.54) is 173 Å². The summed E-state index contributed by atoms with van der Waals surface area (Å²) in [5.74, 6) is -0.347. The maximum atomic E-state index is 12.6. The summed E-state index contributed by atoms with van der Waals surface area (Å²) in [4.78, 5) is 22.5. The predicted octanol–water partition coefficient (Wildman–Crippen LogP) is 13.4. The molecule has 3 N–H and O–H groups in total. The Morgan fingerprint density at radius 1 is 0.577 bits per heavy atom. The van der Waals surface area contributed by atoms with Crippen molar-refractivity contribution in [3.05, 3.63) is 12.3 Å². The van der Waals surface area contributed by atoms with Crippen LogP contribution >= 0.6 is 7.82 Å². The molecule has 0 aromatic rings. The van der Waals surface area contributed by atoms with Crippen LogP contribution in [0.2, 0.25) is 0 Å². The van der Waals surface area contributed by atoms with Crippen LogP contribution < -0.4 is 5.73 Å². The second kappa shape index (κ2) is 41.2. The molecule has 0 heterocycles. The van der Waals surface area contributed by atoms with Crippen LogP contribution in [0, 0.1) is 0 Å². The molecular formula is C43H86NO7P. The number of esters is 1. The predicted molar refractivity (Wildman–Crippen MR) is 219 cm³/mol. The van der Waals surface area contributed by atoms with Gasteiger partial charge in [0, 0.05) is 13.0 Å². The highest BCUT2D eigenvalue weighted by molar-refractivity contribution is 7.47. The molecule has 0 aliphatic heterocycles. The average molecular weight is 760 g/mol. The van der Waals surface area contributed by atoms with Crippen LogP contribution in [0.3, 0.4) is 0 Å². The zero-order valence-electron chi connectivity index (χ0n) is 34.3. The highest BCUT2D eigenvalue weighted by Crippen LogP contribution is 2.43. The quantitative estimate of drug-likeness (QED) is 0.0273. The Labute approximate surface area is 322 Å². The standard InChI is InChI=1S/C43H86NO7P/c1-3-5-7-9-11-13-15-17-19-20-21-22-23-24-26-28-30-32-34-36-43(45)51-42(41-50-52(46,47)49-39-37-44)40-48-38-35-33-31-29-27-25-18-16-14-12-10-8-6-4-2/h35,38,42H,3-34,36-37,39-41,44H2,1-2H3,(H,46,47)/t42-/m1/s1. The summed E-state index contributed by atoms with van der Waals surface area (Å²) in [7, 11) is -4.28. The van der Waals surface area contributed by atoms with Gasteiger partial charge >= 0.3 is 13.8 Å². The molecule has 0 amide bonds. The molecule has 8 nitrogen and oxygen atoms in total. The Bertz CT molecular complexity index is 812. The zero-order chi connectivity index (χ0) is 38.1. The van der Waals surface area contributed by atoms with E-state index in [1.807, 2.05) is 6.08 Å². The Balaban J connectivity index is 4.00. The molecule has 0 bridgehead atoms. The van der Waals surface area contributed by atoms with Gasteiger partial charge in [0.15, 0.2) is 6.10 Å². The fourth-order valence-electron chi connectivity index (χ4n) is 6.49. The first-order valence-electron chi connectivity index (χ1n) is 22.2. The van der Waals surface area contributed by atoms with Crippen LogP contribution in [-0.2, 0) is 27.9 Å². The number of nitrogens with two attached hydrogens (primary N) is 1. The van der Waals surface area contributed by atoms with Gasteiger partial charge in [-0.1, -0.05) is 200 Å². The number of hydrogen-bond acceptors (Lipinski definition) is 7. The van der Waals surface area contributed by atoms with Crippen LogP contribution in [-0.4, -0.2) is 43.3 Å². The first kappa shape index (κ1) is 51.1. The van der Waals surface area contributed by atoms with E-state index < -0.39 is 13.9 Å². The first-order chi connectivity index (χ1) is 25.4. The van der Waals surface area contributed by atoms with E-state index in [9.17, 15) is 14.3 Å². The lowest BCUT2D eigenvalue weighted by atomic mass is 10.0. The molecule has 52 heavy (non-hydrogen) atoms. The molecule has 0 radical (unpaired) electrons. The monoisotopic (exact) mass is 760 g/mol. The van der Waals surface area contributed by atoms with E-state index in [2.05, 4.69) is 13.8 Å². The third-order valence-electron chi connectivity index (χ3n) is 9.78. The number of phosphoric ester groups is 1. The number of rotatable bonds is 43. The van der Waals surface area contributed by atoms with Crippen molar-refractivity contribution in [1.82, 2.24) is 0 Å². The Morgan fingerprint density at radius 2 is 0.962 bits per heavy atom. The minimum absolute atomic E-state index is 0.0385. The second-order valence-electron chi connectivity index (χ2n) is 15.0. The van der Waals surface area contributed by atoms with Crippen LogP contribution in [0.25, 0.3) is 0 Å². The highest BCUT2D eigenvalue weighted by Gasteiger charge is 2.25. The smallest absolute Gasteiger partial charge is 0.472 e. The third-order valence-corrected chi connectivity index (χ3v) is 10.8. The molecule has 1 unspecified atom stereocenters. The van der Waals surface area contributed by atoms with Gasteiger partial charge in [0.25, 0.3) is 0 Å². The van der Waals surface area contributed by atoms with Crippen molar-refractivity contribution in [2.24, 2.45) is 5.73 Å². The van der Waals surface area contributed by atoms with Gasteiger partial charge in [-0.25, -0.2) is 4.57 Å². The lowest BCUT2D eigenvalue weighted by Gasteiger charge is -2.19. The molecule has 0 aliphatic carbocycles. The zero-order valence-corrected chi connectivity index (χ0v) is 35.2. The van der Waals surface area contributed by atoms with Crippen LogP contribution in [0.1, 0.15) is 226 Å². The summed E-state index contributed by atoms with van der Waals surface area (Å²) in [6.45, 7) is 4.28.